The Kier molecular flexibility index (Phi) is 5.96. The van der Waals surface area contributed by atoms with E-state index in [2.05, 4.69) is 9.73 Å². The molecule has 1 aliphatic heterocycles. The summed E-state index contributed by atoms with van der Waals surface area (Å²) in [7, 11) is 4.47. The number of nitrogens with zero attached hydrogens (tertiary/aromatic N) is 1. The highest BCUT2D eigenvalue weighted by atomic mass is 19.3. The smallest absolute Gasteiger partial charge is 0.387 e. The van der Waals surface area contributed by atoms with Crippen LogP contribution in [0.5, 0.6) is 23.0 Å². The maximum atomic E-state index is 12.2. The van der Waals surface area contributed by atoms with Crippen LogP contribution in [0.25, 0.3) is 6.08 Å². The summed E-state index contributed by atoms with van der Waals surface area (Å²) in [6, 6.07) is 8.85. The molecule has 0 bridgehead atoms. The predicted octanol–water partition coefficient (Wildman–Crippen LogP) is 3.66. The van der Waals surface area contributed by atoms with Gasteiger partial charge in [0.1, 0.15) is 11.5 Å². The first kappa shape index (κ1) is 20.1. The summed E-state index contributed by atoms with van der Waals surface area (Å²) < 4.78 is 49.8. The number of halogens is 2. The Morgan fingerprint density at radius 2 is 1.59 bits per heavy atom. The summed E-state index contributed by atoms with van der Waals surface area (Å²) in [5.74, 6) is 0.731. The van der Waals surface area contributed by atoms with Crippen molar-refractivity contribution in [2.45, 2.75) is 6.61 Å². The number of ether oxygens (including phenoxy) is 5. The normalized spacial score (nSPS) is 14.6. The second-order valence-electron chi connectivity index (χ2n) is 5.69. The van der Waals surface area contributed by atoms with E-state index in [1.165, 1.54) is 51.7 Å². The van der Waals surface area contributed by atoms with Gasteiger partial charge in [-0.2, -0.15) is 8.78 Å². The van der Waals surface area contributed by atoms with E-state index in [-0.39, 0.29) is 17.3 Å². The number of benzene rings is 2. The molecule has 0 aliphatic carbocycles. The van der Waals surface area contributed by atoms with Crippen molar-refractivity contribution < 1.29 is 37.3 Å². The van der Waals surface area contributed by atoms with E-state index in [0.717, 1.165) is 0 Å². The highest BCUT2D eigenvalue weighted by Gasteiger charge is 2.25. The van der Waals surface area contributed by atoms with Crippen LogP contribution in [0.2, 0.25) is 0 Å². The van der Waals surface area contributed by atoms with Gasteiger partial charge in [0, 0.05) is 17.2 Å². The second-order valence-corrected chi connectivity index (χ2v) is 5.69. The first-order valence-corrected chi connectivity index (χ1v) is 8.33. The van der Waals surface area contributed by atoms with Gasteiger partial charge in [0.25, 0.3) is 0 Å². The molecule has 0 atom stereocenters. The van der Waals surface area contributed by atoms with Crippen LogP contribution in [0.1, 0.15) is 11.1 Å². The van der Waals surface area contributed by atoms with Gasteiger partial charge in [0.05, 0.1) is 21.3 Å². The van der Waals surface area contributed by atoms with Gasteiger partial charge >= 0.3 is 12.6 Å². The van der Waals surface area contributed by atoms with Crippen molar-refractivity contribution in [3.05, 3.63) is 53.2 Å². The monoisotopic (exact) mass is 405 g/mol. The van der Waals surface area contributed by atoms with Crippen LogP contribution in [-0.2, 0) is 9.53 Å². The number of methoxy groups -OCH3 is 3. The van der Waals surface area contributed by atoms with Crippen molar-refractivity contribution in [3.63, 3.8) is 0 Å². The lowest BCUT2D eigenvalue weighted by Gasteiger charge is -2.12. The van der Waals surface area contributed by atoms with Crippen molar-refractivity contribution in [1.82, 2.24) is 0 Å². The Balaban J connectivity index is 1.92. The fourth-order valence-corrected chi connectivity index (χ4v) is 2.62. The third-order valence-electron chi connectivity index (χ3n) is 3.98. The van der Waals surface area contributed by atoms with E-state index in [9.17, 15) is 13.6 Å². The molecule has 0 radical (unpaired) electrons. The summed E-state index contributed by atoms with van der Waals surface area (Å²) in [5.41, 5.74) is 1.00. The van der Waals surface area contributed by atoms with Gasteiger partial charge in [0.15, 0.2) is 17.2 Å². The number of aliphatic imine (C=N–C) groups is 1. The van der Waals surface area contributed by atoms with Crippen molar-refractivity contribution in [1.29, 1.82) is 0 Å². The van der Waals surface area contributed by atoms with Crippen LogP contribution in [0, 0.1) is 0 Å². The average molecular weight is 405 g/mol. The molecular weight excluding hydrogens is 388 g/mol. The molecule has 2 aromatic carbocycles. The molecule has 0 aromatic heterocycles. The van der Waals surface area contributed by atoms with Crippen LogP contribution in [-0.4, -0.2) is 39.8 Å². The van der Waals surface area contributed by atoms with Gasteiger partial charge in [0.2, 0.25) is 5.90 Å². The molecule has 0 saturated heterocycles. The zero-order chi connectivity index (χ0) is 21.0. The van der Waals surface area contributed by atoms with Crippen LogP contribution in [0.3, 0.4) is 0 Å². The van der Waals surface area contributed by atoms with E-state index in [1.807, 2.05) is 0 Å². The van der Waals surface area contributed by atoms with E-state index in [4.69, 9.17) is 18.9 Å². The Morgan fingerprint density at radius 3 is 2.17 bits per heavy atom. The number of carbonyl (C=O) groups is 1. The first-order chi connectivity index (χ1) is 13.9. The number of esters is 1. The van der Waals surface area contributed by atoms with Crippen LogP contribution < -0.4 is 18.9 Å². The number of carbonyl (C=O) groups excluding carboxylic acids is 1. The topological polar surface area (TPSA) is 75.6 Å². The molecule has 152 valence electrons. The van der Waals surface area contributed by atoms with Gasteiger partial charge in [-0.05, 0) is 36.4 Å². The van der Waals surface area contributed by atoms with Gasteiger partial charge in [-0.15, -0.1) is 0 Å². The fraction of sp³-hybridized carbons (Fsp3) is 0.200. The SMILES string of the molecule is COc1cc(OC)c(OC)cc1/C=C1\N=C(c2ccc(OC(F)F)cc2)OC1=O. The fourth-order valence-electron chi connectivity index (χ4n) is 2.62. The van der Waals surface area contributed by atoms with E-state index < -0.39 is 12.6 Å². The van der Waals surface area contributed by atoms with Gasteiger partial charge < -0.3 is 23.7 Å². The molecule has 0 unspecified atom stereocenters. The highest BCUT2D eigenvalue weighted by molar-refractivity contribution is 6.13. The third kappa shape index (κ3) is 4.45. The molecule has 0 spiro atoms. The van der Waals surface area contributed by atoms with E-state index >= 15 is 0 Å². The molecule has 0 N–H and O–H groups in total. The molecule has 1 heterocycles. The molecule has 7 nitrogen and oxygen atoms in total. The third-order valence-corrected chi connectivity index (χ3v) is 3.98. The van der Waals surface area contributed by atoms with Crippen molar-refractivity contribution >= 4 is 17.9 Å². The van der Waals surface area contributed by atoms with Crippen molar-refractivity contribution in [3.8, 4) is 23.0 Å². The van der Waals surface area contributed by atoms with Gasteiger partial charge in [-0.3, -0.25) is 0 Å². The highest BCUT2D eigenvalue weighted by Crippen LogP contribution is 2.36. The number of alkyl halides is 2. The molecule has 0 amide bonds. The largest absolute Gasteiger partial charge is 0.496 e. The summed E-state index contributed by atoms with van der Waals surface area (Å²) >= 11 is 0. The van der Waals surface area contributed by atoms with Crippen molar-refractivity contribution in [2.75, 3.05) is 21.3 Å². The molecule has 29 heavy (non-hydrogen) atoms. The average Bonchev–Trinajstić information content (AvgIpc) is 3.08. The summed E-state index contributed by atoms with van der Waals surface area (Å²) in [6.07, 6.45) is 1.49. The molecule has 1 aliphatic rings. The lowest BCUT2D eigenvalue weighted by Crippen LogP contribution is -2.06. The molecule has 0 fully saturated rings. The number of hydrogen-bond donors (Lipinski definition) is 0. The zero-order valence-electron chi connectivity index (χ0n) is 15.8. The Hall–Kier alpha value is -3.62. The minimum Gasteiger partial charge on any atom is -0.496 e. The molecule has 2 aromatic rings. The number of rotatable bonds is 7. The minimum absolute atomic E-state index is 0.0143. The lowest BCUT2D eigenvalue weighted by molar-refractivity contribution is -0.129. The molecule has 0 saturated carbocycles. The van der Waals surface area contributed by atoms with E-state index in [0.29, 0.717) is 28.4 Å². The quantitative estimate of drug-likeness (QED) is 0.517. The lowest BCUT2D eigenvalue weighted by atomic mass is 10.1. The molecule has 3 rings (SSSR count). The van der Waals surface area contributed by atoms with Crippen LogP contribution in [0.15, 0.2) is 47.1 Å². The predicted molar refractivity (Wildman–Crippen MR) is 99.8 cm³/mol. The van der Waals surface area contributed by atoms with Gasteiger partial charge in [-0.1, -0.05) is 0 Å². The van der Waals surface area contributed by atoms with Crippen molar-refractivity contribution in [2.24, 2.45) is 4.99 Å². The Bertz CT molecular complexity index is 970. The maximum Gasteiger partial charge on any atom is 0.387 e. The molecule has 9 heteroatoms. The molecular formula is C20H17F2NO6. The number of hydrogen-bond acceptors (Lipinski definition) is 7. The van der Waals surface area contributed by atoms with Gasteiger partial charge in [-0.25, -0.2) is 9.79 Å². The summed E-state index contributed by atoms with van der Waals surface area (Å²) in [6.45, 7) is -2.92. The zero-order valence-corrected chi connectivity index (χ0v) is 15.8. The van der Waals surface area contributed by atoms with E-state index in [1.54, 1.807) is 12.1 Å². The maximum absolute atomic E-state index is 12.2. The number of cyclic esters (lactones) is 1. The summed E-state index contributed by atoms with van der Waals surface area (Å²) in [5, 5.41) is 0. The Morgan fingerprint density at radius 1 is 0.966 bits per heavy atom. The summed E-state index contributed by atoms with van der Waals surface area (Å²) in [4.78, 5) is 16.4. The van der Waals surface area contributed by atoms with Crippen LogP contribution in [0.4, 0.5) is 8.78 Å². The standard InChI is InChI=1S/C20H17F2NO6/c1-25-15-10-17(27-3)16(26-2)9-12(15)8-14-19(24)29-18(23-14)11-4-6-13(7-5-11)28-20(21)22/h4-10,20H,1-3H3/b14-8-. The second kappa shape index (κ2) is 8.59. The Labute approximate surface area is 165 Å². The van der Waals surface area contributed by atoms with Crippen LogP contribution >= 0.6 is 0 Å². The minimum atomic E-state index is -2.92. The first-order valence-electron chi connectivity index (χ1n) is 8.33.